The molecule has 1 aliphatic heterocycles. The lowest BCUT2D eigenvalue weighted by Crippen LogP contribution is -2.25. The minimum atomic E-state index is -4.21. The number of hydrogen-bond donors (Lipinski definition) is 2. The van der Waals surface area contributed by atoms with Crippen LogP contribution >= 0.6 is 0 Å². The average Bonchev–Trinajstić information content (AvgIpc) is 3.21. The largest absolute Gasteiger partial charge is 0.320 e. The number of sulfonamides is 1. The van der Waals surface area contributed by atoms with Crippen molar-refractivity contribution in [2.45, 2.75) is 17.7 Å². The summed E-state index contributed by atoms with van der Waals surface area (Å²) in [5.74, 6) is -2.99. The van der Waals surface area contributed by atoms with E-state index >= 15 is 0 Å². The summed E-state index contributed by atoms with van der Waals surface area (Å²) < 4.78 is 53.9. The quantitative estimate of drug-likeness (QED) is 0.565. The summed E-state index contributed by atoms with van der Waals surface area (Å²) in [6, 6.07) is 14.9. The molecule has 3 aromatic rings. The SMILES string of the molecule is O=C(Nc1ccccc1N1CCCC1=O)c1cccc(NS(=O)(=O)c2ccc(F)c(F)c2)c1. The Hall–Kier alpha value is -3.79. The van der Waals surface area contributed by atoms with E-state index in [4.69, 9.17) is 0 Å². The van der Waals surface area contributed by atoms with Gasteiger partial charge >= 0.3 is 0 Å². The lowest BCUT2D eigenvalue weighted by Gasteiger charge is -2.20. The Morgan fingerprint density at radius 3 is 2.45 bits per heavy atom. The lowest BCUT2D eigenvalue weighted by atomic mass is 10.1. The zero-order valence-electron chi connectivity index (χ0n) is 17.2. The molecule has 0 aliphatic carbocycles. The van der Waals surface area contributed by atoms with Crippen LogP contribution in [0.3, 0.4) is 0 Å². The Kier molecular flexibility index (Phi) is 6.10. The summed E-state index contributed by atoms with van der Waals surface area (Å²) in [4.78, 5) is 26.1. The normalized spacial score (nSPS) is 13.8. The van der Waals surface area contributed by atoms with Gasteiger partial charge in [0.1, 0.15) is 0 Å². The molecule has 0 radical (unpaired) electrons. The maximum absolute atomic E-state index is 13.4. The Morgan fingerprint density at radius 1 is 0.939 bits per heavy atom. The van der Waals surface area contributed by atoms with Crippen LogP contribution in [0, 0.1) is 11.6 Å². The molecule has 33 heavy (non-hydrogen) atoms. The van der Waals surface area contributed by atoms with Crippen LogP contribution in [0.1, 0.15) is 23.2 Å². The molecule has 0 bridgehead atoms. The van der Waals surface area contributed by atoms with E-state index in [2.05, 4.69) is 10.0 Å². The van der Waals surface area contributed by atoms with Crippen molar-refractivity contribution < 1.29 is 26.8 Å². The number of para-hydroxylation sites is 2. The molecule has 0 unspecified atom stereocenters. The minimum absolute atomic E-state index is 0.0228. The second-order valence-corrected chi connectivity index (χ2v) is 9.06. The molecule has 2 N–H and O–H groups in total. The van der Waals surface area contributed by atoms with Gasteiger partial charge in [-0.3, -0.25) is 14.3 Å². The van der Waals surface area contributed by atoms with Gasteiger partial charge in [-0.25, -0.2) is 17.2 Å². The summed E-state index contributed by atoms with van der Waals surface area (Å²) in [6.07, 6.45) is 1.18. The van der Waals surface area contributed by atoms with Gasteiger partial charge < -0.3 is 10.2 Å². The molecule has 1 saturated heterocycles. The van der Waals surface area contributed by atoms with Gasteiger partial charge in [-0.05, 0) is 55.0 Å². The average molecular weight is 471 g/mol. The molecule has 1 fully saturated rings. The molecule has 0 saturated carbocycles. The van der Waals surface area contributed by atoms with Crippen LogP contribution in [0.15, 0.2) is 71.6 Å². The summed E-state index contributed by atoms with van der Waals surface area (Å²) in [6.45, 7) is 0.562. The third kappa shape index (κ3) is 4.85. The predicted molar refractivity (Wildman–Crippen MR) is 120 cm³/mol. The van der Waals surface area contributed by atoms with E-state index in [1.165, 1.54) is 24.3 Å². The van der Waals surface area contributed by atoms with Gasteiger partial charge in [0.25, 0.3) is 15.9 Å². The Labute approximate surface area is 189 Å². The zero-order valence-corrected chi connectivity index (χ0v) is 18.0. The van der Waals surface area contributed by atoms with Gasteiger partial charge in [0, 0.05) is 24.2 Å². The number of anilines is 3. The molecule has 170 valence electrons. The van der Waals surface area contributed by atoms with Crippen molar-refractivity contribution in [1.29, 1.82) is 0 Å². The predicted octanol–water partition coefficient (Wildman–Crippen LogP) is 4.14. The summed E-state index contributed by atoms with van der Waals surface area (Å²) in [7, 11) is -4.21. The molecular formula is C23H19F2N3O4S. The van der Waals surface area contributed by atoms with Crippen molar-refractivity contribution in [1.82, 2.24) is 0 Å². The standard InChI is InChI=1S/C23H19F2N3O4S/c24-18-11-10-17(14-19(18)25)33(31,32)27-16-6-3-5-15(13-16)23(30)26-20-7-1-2-8-21(20)28-12-4-9-22(28)29/h1-3,5-8,10-11,13-14,27H,4,9,12H2,(H,26,30). The fourth-order valence-electron chi connectivity index (χ4n) is 3.49. The maximum Gasteiger partial charge on any atom is 0.261 e. The van der Waals surface area contributed by atoms with Crippen molar-refractivity contribution in [2.75, 3.05) is 21.5 Å². The van der Waals surface area contributed by atoms with Gasteiger partial charge in [0.05, 0.1) is 16.3 Å². The highest BCUT2D eigenvalue weighted by atomic mass is 32.2. The third-order valence-electron chi connectivity index (χ3n) is 5.09. The van der Waals surface area contributed by atoms with Crippen LogP contribution in [0.4, 0.5) is 25.8 Å². The van der Waals surface area contributed by atoms with Crippen molar-refractivity contribution in [3.63, 3.8) is 0 Å². The highest BCUT2D eigenvalue weighted by Gasteiger charge is 2.24. The van der Waals surface area contributed by atoms with E-state index in [9.17, 15) is 26.8 Å². The molecule has 4 rings (SSSR count). The molecule has 3 aromatic carbocycles. The number of carbonyl (C=O) groups is 2. The zero-order chi connectivity index (χ0) is 23.6. The third-order valence-corrected chi connectivity index (χ3v) is 6.47. The number of carbonyl (C=O) groups excluding carboxylic acids is 2. The molecular weight excluding hydrogens is 452 g/mol. The van der Waals surface area contributed by atoms with Crippen LogP contribution in [0.2, 0.25) is 0 Å². The molecule has 0 spiro atoms. The first-order valence-electron chi connectivity index (χ1n) is 10.0. The minimum Gasteiger partial charge on any atom is -0.320 e. The smallest absolute Gasteiger partial charge is 0.261 e. The molecule has 0 atom stereocenters. The van der Waals surface area contributed by atoms with E-state index in [0.29, 0.717) is 30.4 Å². The van der Waals surface area contributed by atoms with E-state index in [0.717, 1.165) is 18.6 Å². The van der Waals surface area contributed by atoms with Crippen molar-refractivity contribution in [3.05, 3.63) is 83.9 Å². The van der Waals surface area contributed by atoms with Gasteiger partial charge in [-0.15, -0.1) is 0 Å². The highest BCUT2D eigenvalue weighted by molar-refractivity contribution is 7.92. The molecule has 1 heterocycles. The number of amides is 2. The number of rotatable bonds is 6. The number of hydrogen-bond acceptors (Lipinski definition) is 4. The Balaban J connectivity index is 1.54. The Morgan fingerprint density at radius 2 is 1.73 bits per heavy atom. The molecule has 0 aromatic heterocycles. The fourth-order valence-corrected chi connectivity index (χ4v) is 4.55. The van der Waals surface area contributed by atoms with Crippen LogP contribution in [-0.4, -0.2) is 26.8 Å². The summed E-state index contributed by atoms with van der Waals surface area (Å²) in [5.41, 5.74) is 1.26. The van der Waals surface area contributed by atoms with Gasteiger partial charge in [0.15, 0.2) is 11.6 Å². The molecule has 1 aliphatic rings. The second kappa shape index (κ2) is 8.99. The molecule has 7 nitrogen and oxygen atoms in total. The summed E-state index contributed by atoms with van der Waals surface area (Å²) >= 11 is 0. The van der Waals surface area contributed by atoms with E-state index in [1.54, 1.807) is 29.2 Å². The maximum atomic E-state index is 13.4. The van der Waals surface area contributed by atoms with Crippen LogP contribution in [0.25, 0.3) is 0 Å². The van der Waals surface area contributed by atoms with Crippen molar-refractivity contribution >= 4 is 38.9 Å². The highest BCUT2D eigenvalue weighted by Crippen LogP contribution is 2.30. The monoisotopic (exact) mass is 471 g/mol. The topological polar surface area (TPSA) is 95.6 Å². The number of halogens is 2. The number of nitrogens with one attached hydrogen (secondary N) is 2. The fraction of sp³-hybridized carbons (Fsp3) is 0.130. The number of nitrogens with zero attached hydrogens (tertiary/aromatic N) is 1. The second-order valence-electron chi connectivity index (χ2n) is 7.38. The van der Waals surface area contributed by atoms with E-state index in [-0.39, 0.29) is 17.2 Å². The first-order valence-corrected chi connectivity index (χ1v) is 11.5. The van der Waals surface area contributed by atoms with E-state index < -0.39 is 32.5 Å². The van der Waals surface area contributed by atoms with Gasteiger partial charge in [-0.2, -0.15) is 0 Å². The Bertz CT molecular complexity index is 1350. The summed E-state index contributed by atoms with van der Waals surface area (Å²) in [5, 5.41) is 2.76. The van der Waals surface area contributed by atoms with Crippen molar-refractivity contribution in [3.8, 4) is 0 Å². The number of benzene rings is 3. The van der Waals surface area contributed by atoms with E-state index in [1.807, 2.05) is 0 Å². The van der Waals surface area contributed by atoms with Crippen LogP contribution < -0.4 is 14.9 Å². The molecule has 10 heteroatoms. The first kappa shape index (κ1) is 22.4. The van der Waals surface area contributed by atoms with Crippen molar-refractivity contribution in [2.24, 2.45) is 0 Å². The van der Waals surface area contributed by atoms with Gasteiger partial charge in [0.2, 0.25) is 5.91 Å². The van der Waals surface area contributed by atoms with Crippen LogP contribution in [0.5, 0.6) is 0 Å². The first-order chi connectivity index (χ1) is 15.7. The lowest BCUT2D eigenvalue weighted by molar-refractivity contribution is -0.117. The molecule has 2 amide bonds. The van der Waals surface area contributed by atoms with Crippen LogP contribution in [-0.2, 0) is 14.8 Å². The van der Waals surface area contributed by atoms with Gasteiger partial charge in [-0.1, -0.05) is 18.2 Å².